The van der Waals surface area contributed by atoms with Gasteiger partial charge in [0.2, 0.25) is 0 Å². The van der Waals surface area contributed by atoms with Crippen LogP contribution in [0.4, 0.5) is 14.5 Å². The van der Waals surface area contributed by atoms with Gasteiger partial charge in [0.15, 0.2) is 11.6 Å². The van der Waals surface area contributed by atoms with Crippen LogP contribution in [0.5, 0.6) is 0 Å². The molecule has 5 heteroatoms. The highest BCUT2D eigenvalue weighted by Gasteiger charge is 2.33. The van der Waals surface area contributed by atoms with E-state index in [1.165, 1.54) is 6.07 Å². The average molecular weight is 255 g/mol. The molecule has 0 bridgehead atoms. The maximum atomic E-state index is 13.5. The van der Waals surface area contributed by atoms with Crippen LogP contribution in [0.2, 0.25) is 0 Å². The third-order valence-electron chi connectivity index (χ3n) is 2.63. The zero-order chi connectivity index (χ0) is 13.5. The number of nitrogens with one attached hydrogen (secondary N) is 1. The summed E-state index contributed by atoms with van der Waals surface area (Å²) in [6.07, 6.45) is 0.105. The van der Waals surface area contributed by atoms with Crippen molar-refractivity contribution in [3.8, 4) is 0 Å². The molecule has 1 aromatic carbocycles. The minimum absolute atomic E-state index is 0.105. The SMILES string of the molecule is CC(C)(C)OC(=O)[C@@H]1Cc2c(ccc(F)c2F)N1. The zero-order valence-electron chi connectivity index (χ0n) is 10.5. The molecule has 98 valence electrons. The Balaban J connectivity index is 2.15. The van der Waals surface area contributed by atoms with Gasteiger partial charge in [0.05, 0.1) is 0 Å². The molecular weight excluding hydrogens is 240 g/mol. The molecule has 0 unspecified atom stereocenters. The number of ether oxygens (including phenoxy) is 1. The Morgan fingerprint density at radius 3 is 2.67 bits per heavy atom. The number of fused-ring (bicyclic) bond motifs is 1. The van der Waals surface area contributed by atoms with E-state index in [1.807, 2.05) is 0 Å². The van der Waals surface area contributed by atoms with Gasteiger partial charge in [-0.1, -0.05) is 0 Å². The van der Waals surface area contributed by atoms with Crippen LogP contribution in [-0.4, -0.2) is 17.6 Å². The zero-order valence-corrected chi connectivity index (χ0v) is 10.5. The van der Waals surface area contributed by atoms with E-state index >= 15 is 0 Å². The molecule has 1 aliphatic rings. The maximum absolute atomic E-state index is 13.5. The summed E-state index contributed by atoms with van der Waals surface area (Å²) in [6.45, 7) is 5.27. The standard InChI is InChI=1S/C13H15F2NO2/c1-13(2,3)18-12(17)10-6-7-9(16-10)5-4-8(14)11(7)15/h4-5,10,16H,6H2,1-3H3/t10-/m0/s1. The fraction of sp³-hybridized carbons (Fsp3) is 0.462. The number of carbonyl (C=O) groups excluding carboxylic acids is 1. The highest BCUT2D eigenvalue weighted by atomic mass is 19.2. The first-order chi connectivity index (χ1) is 8.28. The Hall–Kier alpha value is -1.65. The lowest BCUT2D eigenvalue weighted by Crippen LogP contribution is -2.35. The second-order valence-corrected chi connectivity index (χ2v) is 5.32. The minimum atomic E-state index is -0.902. The van der Waals surface area contributed by atoms with Gasteiger partial charge >= 0.3 is 5.97 Å². The van der Waals surface area contributed by atoms with Crippen molar-refractivity contribution in [1.29, 1.82) is 0 Å². The summed E-state index contributed by atoms with van der Waals surface area (Å²) < 4.78 is 31.8. The van der Waals surface area contributed by atoms with Gasteiger partial charge in [-0.15, -0.1) is 0 Å². The Morgan fingerprint density at radius 1 is 1.39 bits per heavy atom. The molecule has 1 aliphatic heterocycles. The first-order valence-electron chi connectivity index (χ1n) is 5.74. The summed E-state index contributed by atoms with van der Waals surface area (Å²) in [5.74, 6) is -2.26. The van der Waals surface area contributed by atoms with Crippen LogP contribution >= 0.6 is 0 Å². The maximum Gasteiger partial charge on any atom is 0.329 e. The number of hydrogen-bond donors (Lipinski definition) is 1. The Bertz CT molecular complexity index is 494. The molecule has 0 saturated heterocycles. The van der Waals surface area contributed by atoms with Crippen LogP contribution in [0.25, 0.3) is 0 Å². The molecule has 18 heavy (non-hydrogen) atoms. The molecule has 3 nitrogen and oxygen atoms in total. The first-order valence-corrected chi connectivity index (χ1v) is 5.74. The molecule has 1 N–H and O–H groups in total. The van der Waals surface area contributed by atoms with Gasteiger partial charge in [0.25, 0.3) is 0 Å². The second kappa shape index (κ2) is 4.23. The van der Waals surface area contributed by atoms with E-state index < -0.39 is 29.2 Å². The Kier molecular flexibility index (Phi) is 3.00. The molecule has 0 spiro atoms. The van der Waals surface area contributed by atoms with Gasteiger partial charge in [0, 0.05) is 17.7 Å². The molecule has 2 rings (SSSR count). The minimum Gasteiger partial charge on any atom is -0.458 e. The molecule has 1 atom stereocenters. The van der Waals surface area contributed by atoms with Gasteiger partial charge in [-0.3, -0.25) is 0 Å². The lowest BCUT2D eigenvalue weighted by atomic mass is 10.1. The van der Waals surface area contributed by atoms with Crippen molar-refractivity contribution >= 4 is 11.7 Å². The molecule has 1 aromatic rings. The van der Waals surface area contributed by atoms with Crippen LogP contribution in [-0.2, 0) is 16.0 Å². The molecule has 0 amide bonds. The number of carbonyl (C=O) groups is 1. The smallest absolute Gasteiger partial charge is 0.329 e. The molecule has 1 heterocycles. The third-order valence-corrected chi connectivity index (χ3v) is 2.63. The molecule has 0 radical (unpaired) electrons. The van der Waals surface area contributed by atoms with Crippen LogP contribution in [0.1, 0.15) is 26.3 Å². The van der Waals surface area contributed by atoms with Gasteiger partial charge in [0.1, 0.15) is 11.6 Å². The van der Waals surface area contributed by atoms with E-state index in [4.69, 9.17) is 4.74 Å². The first kappa shape index (κ1) is 12.8. The summed E-state index contributed by atoms with van der Waals surface area (Å²) in [7, 11) is 0. The van der Waals surface area contributed by atoms with E-state index in [-0.39, 0.29) is 12.0 Å². The molecular formula is C13H15F2NO2. The van der Waals surface area contributed by atoms with Crippen molar-refractivity contribution in [3.63, 3.8) is 0 Å². The van der Waals surface area contributed by atoms with E-state index in [0.717, 1.165) is 6.07 Å². The van der Waals surface area contributed by atoms with Crippen LogP contribution in [0, 0.1) is 11.6 Å². The summed E-state index contributed by atoms with van der Waals surface area (Å²) in [5.41, 5.74) is 0.0489. The Labute approximate surface area is 104 Å². The van der Waals surface area contributed by atoms with E-state index in [9.17, 15) is 13.6 Å². The van der Waals surface area contributed by atoms with Gasteiger partial charge < -0.3 is 10.1 Å². The molecule has 0 saturated carbocycles. The predicted molar refractivity (Wildman–Crippen MR) is 63.3 cm³/mol. The van der Waals surface area contributed by atoms with Gasteiger partial charge in [-0.05, 0) is 32.9 Å². The largest absolute Gasteiger partial charge is 0.458 e. The van der Waals surface area contributed by atoms with Crippen molar-refractivity contribution in [1.82, 2.24) is 0 Å². The van der Waals surface area contributed by atoms with Gasteiger partial charge in [-0.25, -0.2) is 13.6 Å². The van der Waals surface area contributed by atoms with Crippen LogP contribution in [0.3, 0.4) is 0 Å². The van der Waals surface area contributed by atoms with Crippen LogP contribution in [0.15, 0.2) is 12.1 Å². The topological polar surface area (TPSA) is 38.3 Å². The van der Waals surface area contributed by atoms with Crippen molar-refractivity contribution < 1.29 is 18.3 Å². The number of benzene rings is 1. The highest BCUT2D eigenvalue weighted by molar-refractivity contribution is 5.83. The highest BCUT2D eigenvalue weighted by Crippen LogP contribution is 2.30. The van der Waals surface area contributed by atoms with E-state index in [1.54, 1.807) is 20.8 Å². The summed E-state index contributed by atoms with van der Waals surface area (Å²) in [6, 6.07) is 1.81. The van der Waals surface area contributed by atoms with Gasteiger partial charge in [-0.2, -0.15) is 0 Å². The van der Waals surface area contributed by atoms with E-state index in [0.29, 0.717) is 5.69 Å². The quantitative estimate of drug-likeness (QED) is 0.784. The summed E-state index contributed by atoms with van der Waals surface area (Å²) in [5, 5.41) is 2.84. The van der Waals surface area contributed by atoms with E-state index in [2.05, 4.69) is 5.32 Å². The van der Waals surface area contributed by atoms with Crippen molar-refractivity contribution in [3.05, 3.63) is 29.3 Å². The monoisotopic (exact) mass is 255 g/mol. The fourth-order valence-corrected chi connectivity index (χ4v) is 1.89. The third kappa shape index (κ3) is 2.44. The summed E-state index contributed by atoms with van der Waals surface area (Å²) >= 11 is 0. The number of rotatable bonds is 1. The fourth-order valence-electron chi connectivity index (χ4n) is 1.89. The molecule has 0 fully saturated rings. The normalized spacial score (nSPS) is 18.2. The van der Waals surface area contributed by atoms with Crippen molar-refractivity contribution in [2.24, 2.45) is 0 Å². The lowest BCUT2D eigenvalue weighted by Gasteiger charge is -2.22. The lowest BCUT2D eigenvalue weighted by molar-refractivity contribution is -0.155. The van der Waals surface area contributed by atoms with Crippen molar-refractivity contribution in [2.45, 2.75) is 38.8 Å². The Morgan fingerprint density at radius 2 is 2.06 bits per heavy atom. The second-order valence-electron chi connectivity index (χ2n) is 5.32. The molecule has 0 aromatic heterocycles. The summed E-state index contributed by atoms with van der Waals surface area (Å²) in [4.78, 5) is 11.8. The average Bonchev–Trinajstić information content (AvgIpc) is 2.66. The van der Waals surface area contributed by atoms with Crippen LogP contribution < -0.4 is 5.32 Å². The number of halogens is 2. The number of hydrogen-bond acceptors (Lipinski definition) is 3. The molecule has 0 aliphatic carbocycles. The number of anilines is 1. The van der Waals surface area contributed by atoms with Crippen molar-refractivity contribution in [2.75, 3.05) is 5.32 Å². The predicted octanol–water partition coefficient (Wildman–Crippen LogP) is 2.64. The number of esters is 1.